The van der Waals surface area contributed by atoms with E-state index in [9.17, 15) is 14.4 Å². The van der Waals surface area contributed by atoms with Gasteiger partial charge in [-0.3, -0.25) is 4.79 Å². The summed E-state index contributed by atoms with van der Waals surface area (Å²) in [6.07, 6.45) is 4.25. The molecule has 0 saturated carbocycles. The fourth-order valence-electron chi connectivity index (χ4n) is 0.526. The lowest BCUT2D eigenvalue weighted by atomic mass is 10.4. The van der Waals surface area contributed by atoms with E-state index in [4.69, 9.17) is 10.2 Å². The zero-order chi connectivity index (χ0) is 18.0. The van der Waals surface area contributed by atoms with Crippen molar-refractivity contribution in [2.45, 2.75) is 26.7 Å². The molecule has 22 heavy (non-hydrogen) atoms. The number of hydrogen-bond acceptors (Lipinski definition) is 5. The largest absolute Gasteiger partial charge is 0.478 e. The molecule has 7 heteroatoms. The number of aliphatic carboxylic acids is 1. The van der Waals surface area contributed by atoms with Gasteiger partial charge in [-0.15, -0.1) is 0 Å². The Balaban J connectivity index is -0.000000252. The van der Waals surface area contributed by atoms with Gasteiger partial charge in [0.2, 0.25) is 5.91 Å². The third kappa shape index (κ3) is 26.2. The molecular formula is C15H25NO6. The molecule has 0 atom stereocenters. The highest BCUT2D eigenvalue weighted by molar-refractivity contribution is 5.86. The van der Waals surface area contributed by atoms with Gasteiger partial charge in [0.1, 0.15) is 6.73 Å². The highest BCUT2D eigenvalue weighted by Crippen LogP contribution is 1.88. The minimum absolute atomic E-state index is 0.176. The maximum absolute atomic E-state index is 10.3. The van der Waals surface area contributed by atoms with E-state index in [0.29, 0.717) is 6.61 Å². The summed E-state index contributed by atoms with van der Waals surface area (Å²) in [5, 5.41) is 18.0. The second-order valence-electron chi connectivity index (χ2n) is 3.71. The number of nitrogens with one attached hydrogen (secondary N) is 1. The standard InChI is InChI=1S/C7H12O2.C4H7NO2.C4H6O2/c1-3-5-6-9-7(8)4-2;1-2-4(7)5-3-6;1-3(2)4(5)6/h4H,2-3,5-6H2,1H3;2,6H,1,3H2,(H,5,7);1H2,2H3,(H,5,6). The molecule has 7 nitrogen and oxygen atoms in total. The van der Waals surface area contributed by atoms with Crippen LogP contribution in [-0.2, 0) is 19.1 Å². The number of amides is 1. The number of hydrogen-bond donors (Lipinski definition) is 3. The quantitative estimate of drug-likeness (QED) is 0.283. The summed E-state index contributed by atoms with van der Waals surface area (Å²) in [5.74, 6) is -1.62. The number of carboxylic acid groups (broad SMARTS) is 1. The summed E-state index contributed by atoms with van der Waals surface area (Å²) in [7, 11) is 0. The number of aliphatic hydroxyl groups is 1. The zero-order valence-electron chi connectivity index (χ0n) is 13.1. The van der Waals surface area contributed by atoms with E-state index in [1.165, 1.54) is 13.0 Å². The second kappa shape index (κ2) is 18.6. The van der Waals surface area contributed by atoms with Crippen molar-refractivity contribution < 1.29 is 29.3 Å². The molecule has 126 valence electrons. The van der Waals surface area contributed by atoms with Crippen molar-refractivity contribution in [2.75, 3.05) is 13.3 Å². The molecule has 3 N–H and O–H groups in total. The van der Waals surface area contributed by atoms with E-state index in [-0.39, 0.29) is 24.2 Å². The van der Waals surface area contributed by atoms with E-state index < -0.39 is 5.97 Å². The highest BCUT2D eigenvalue weighted by atomic mass is 16.5. The topological polar surface area (TPSA) is 113 Å². The maximum Gasteiger partial charge on any atom is 0.330 e. The molecule has 0 bridgehead atoms. The van der Waals surface area contributed by atoms with E-state index in [2.05, 4.69) is 29.8 Å². The average molecular weight is 315 g/mol. The van der Waals surface area contributed by atoms with Crippen LogP contribution in [-0.4, -0.2) is 41.4 Å². The number of rotatable bonds is 7. The zero-order valence-corrected chi connectivity index (χ0v) is 13.1. The van der Waals surface area contributed by atoms with Gasteiger partial charge in [-0.2, -0.15) is 0 Å². The fraction of sp³-hybridized carbons (Fsp3) is 0.400. The normalized spacial score (nSPS) is 7.95. The summed E-state index contributed by atoms with van der Waals surface area (Å²) in [6.45, 7) is 13.3. The van der Waals surface area contributed by atoms with Crippen molar-refractivity contribution in [3.8, 4) is 0 Å². The van der Waals surface area contributed by atoms with Crippen LogP contribution < -0.4 is 5.32 Å². The molecule has 0 unspecified atom stereocenters. The SMILES string of the molecule is C=C(C)C(=O)O.C=CC(=O)NCO.C=CC(=O)OCCCC. The minimum atomic E-state index is -0.935. The van der Waals surface area contributed by atoms with Crippen LogP contribution in [0.25, 0.3) is 0 Å². The second-order valence-corrected chi connectivity index (χ2v) is 3.71. The molecule has 1 amide bonds. The monoisotopic (exact) mass is 315 g/mol. The third-order valence-corrected chi connectivity index (χ3v) is 1.71. The first-order valence-corrected chi connectivity index (χ1v) is 6.45. The Bertz CT molecular complexity index is 364. The molecule has 0 aromatic carbocycles. The Morgan fingerprint density at radius 1 is 1.23 bits per heavy atom. The van der Waals surface area contributed by atoms with Crippen molar-refractivity contribution in [3.05, 3.63) is 37.5 Å². The molecule has 0 aromatic rings. The van der Waals surface area contributed by atoms with Gasteiger partial charge in [-0.1, -0.05) is 33.1 Å². The summed E-state index contributed by atoms with van der Waals surface area (Å²) >= 11 is 0. The highest BCUT2D eigenvalue weighted by Gasteiger charge is 1.91. The van der Waals surface area contributed by atoms with Crippen LogP contribution in [0.3, 0.4) is 0 Å². The lowest BCUT2D eigenvalue weighted by molar-refractivity contribution is -0.138. The summed E-state index contributed by atoms with van der Waals surface area (Å²) < 4.78 is 4.67. The van der Waals surface area contributed by atoms with Gasteiger partial charge in [-0.25, -0.2) is 9.59 Å². The Kier molecular flexibility index (Phi) is 20.8. The third-order valence-electron chi connectivity index (χ3n) is 1.71. The molecule has 0 aliphatic rings. The predicted molar refractivity (Wildman–Crippen MR) is 83.9 cm³/mol. The van der Waals surface area contributed by atoms with Crippen molar-refractivity contribution >= 4 is 17.8 Å². The van der Waals surface area contributed by atoms with Crippen molar-refractivity contribution in [3.63, 3.8) is 0 Å². The summed E-state index contributed by atoms with van der Waals surface area (Å²) in [5.41, 5.74) is 0.176. The van der Waals surface area contributed by atoms with Crippen LogP contribution in [0, 0.1) is 0 Å². The maximum atomic E-state index is 10.3. The number of unbranched alkanes of at least 4 members (excludes halogenated alkanes) is 1. The number of ether oxygens (including phenoxy) is 1. The van der Waals surface area contributed by atoms with Gasteiger partial charge in [0, 0.05) is 11.6 Å². The Labute approximate surface area is 131 Å². The van der Waals surface area contributed by atoms with E-state index in [1.54, 1.807) is 0 Å². The van der Waals surface area contributed by atoms with Crippen LogP contribution in [0.1, 0.15) is 26.7 Å². The molecule has 0 fully saturated rings. The first kappa shape index (κ1) is 24.6. The molecule has 0 rings (SSSR count). The predicted octanol–water partition coefficient (Wildman–Crippen LogP) is 1.40. The Morgan fingerprint density at radius 3 is 1.95 bits per heavy atom. The molecule has 0 aliphatic heterocycles. The van der Waals surface area contributed by atoms with Crippen molar-refractivity contribution in [2.24, 2.45) is 0 Å². The minimum Gasteiger partial charge on any atom is -0.478 e. The molecule has 0 aliphatic carbocycles. The van der Waals surface area contributed by atoms with Crippen LogP contribution in [0.4, 0.5) is 0 Å². The van der Waals surface area contributed by atoms with Crippen LogP contribution in [0.15, 0.2) is 37.5 Å². The summed E-state index contributed by atoms with van der Waals surface area (Å²) in [6, 6.07) is 0. The number of aliphatic hydroxyl groups excluding tert-OH is 1. The molecule has 0 spiro atoms. The Morgan fingerprint density at radius 2 is 1.73 bits per heavy atom. The first-order chi connectivity index (χ1) is 10.3. The van der Waals surface area contributed by atoms with Crippen molar-refractivity contribution in [1.29, 1.82) is 0 Å². The molecule has 0 saturated heterocycles. The Hall–Kier alpha value is -2.41. The first-order valence-electron chi connectivity index (χ1n) is 6.45. The number of carboxylic acids is 1. The van der Waals surface area contributed by atoms with Crippen LogP contribution in [0.2, 0.25) is 0 Å². The van der Waals surface area contributed by atoms with E-state index >= 15 is 0 Å². The van der Waals surface area contributed by atoms with E-state index in [1.807, 2.05) is 6.92 Å². The molecular weight excluding hydrogens is 290 g/mol. The van der Waals surface area contributed by atoms with Gasteiger partial charge in [0.05, 0.1) is 6.61 Å². The molecule has 0 aromatic heterocycles. The van der Waals surface area contributed by atoms with Gasteiger partial charge in [0.15, 0.2) is 0 Å². The number of carbonyl (C=O) groups is 3. The smallest absolute Gasteiger partial charge is 0.330 e. The van der Waals surface area contributed by atoms with Crippen LogP contribution >= 0.6 is 0 Å². The lowest BCUT2D eigenvalue weighted by Crippen LogP contribution is -2.20. The summed E-state index contributed by atoms with van der Waals surface area (Å²) in [4.78, 5) is 30.0. The lowest BCUT2D eigenvalue weighted by Gasteiger charge is -1.97. The van der Waals surface area contributed by atoms with Gasteiger partial charge < -0.3 is 20.3 Å². The molecule has 0 radical (unpaired) electrons. The number of esters is 1. The molecule has 0 heterocycles. The average Bonchev–Trinajstić information content (AvgIpc) is 2.48. The van der Waals surface area contributed by atoms with Gasteiger partial charge in [-0.05, 0) is 19.4 Å². The van der Waals surface area contributed by atoms with Gasteiger partial charge in [0.25, 0.3) is 0 Å². The number of carbonyl (C=O) groups excluding carboxylic acids is 2. The van der Waals surface area contributed by atoms with Crippen LogP contribution in [0.5, 0.6) is 0 Å². The van der Waals surface area contributed by atoms with Crippen molar-refractivity contribution in [1.82, 2.24) is 5.32 Å². The van der Waals surface area contributed by atoms with E-state index in [0.717, 1.165) is 18.9 Å². The van der Waals surface area contributed by atoms with Gasteiger partial charge >= 0.3 is 11.9 Å². The fourth-order valence-corrected chi connectivity index (χ4v) is 0.526.